The van der Waals surface area contributed by atoms with Crippen LogP contribution < -0.4 is 5.32 Å². The number of halogens is 1. The summed E-state index contributed by atoms with van der Waals surface area (Å²) in [5.74, 6) is 0.830. The number of carbonyl (C=O) groups excluding carboxylic acids is 2. The lowest BCUT2D eigenvalue weighted by Crippen LogP contribution is -2.53. The highest BCUT2D eigenvalue weighted by molar-refractivity contribution is 9.10. The maximum absolute atomic E-state index is 12.7. The fraction of sp³-hybridized carbons (Fsp3) is 0.500. The first-order valence-electron chi connectivity index (χ1n) is 11.0. The number of rotatable bonds is 6. The van der Waals surface area contributed by atoms with E-state index >= 15 is 0 Å². The molecule has 2 atom stereocenters. The average Bonchev–Trinajstić information content (AvgIpc) is 3.13. The van der Waals surface area contributed by atoms with Gasteiger partial charge in [-0.25, -0.2) is 4.68 Å². The van der Waals surface area contributed by atoms with E-state index in [1.807, 2.05) is 36.4 Å². The summed E-state index contributed by atoms with van der Waals surface area (Å²) in [5.41, 5.74) is 0.956. The molecule has 4 saturated carbocycles. The highest BCUT2D eigenvalue weighted by Crippen LogP contribution is 2.65. The number of amides is 1. The third kappa shape index (κ3) is 4.06. The second-order valence-corrected chi connectivity index (χ2v) is 11.4. The Hall–Kier alpha value is -2.66. The summed E-state index contributed by atoms with van der Waals surface area (Å²) in [6, 6.07) is 11.2. The number of anilines is 1. The molecule has 4 bridgehead atoms. The molecule has 166 valence electrons. The number of hydrogen-bond acceptors (Lipinski definition) is 5. The molecule has 0 spiro atoms. The van der Waals surface area contributed by atoms with Crippen LogP contribution in [0.25, 0.3) is 5.69 Å². The van der Waals surface area contributed by atoms with Crippen molar-refractivity contribution in [2.45, 2.75) is 49.3 Å². The molecule has 1 N–H and O–H groups in total. The van der Waals surface area contributed by atoms with Crippen molar-refractivity contribution in [2.75, 3.05) is 11.9 Å². The number of alkyl halides is 1. The van der Waals surface area contributed by atoms with Gasteiger partial charge in [0.15, 0.2) is 12.4 Å². The zero-order chi connectivity index (χ0) is 22.3. The Morgan fingerprint density at radius 2 is 1.94 bits per heavy atom. The Morgan fingerprint density at radius 3 is 2.59 bits per heavy atom. The number of esters is 1. The Bertz CT molecular complexity index is 1080. The van der Waals surface area contributed by atoms with Crippen molar-refractivity contribution in [3.63, 3.8) is 0 Å². The van der Waals surface area contributed by atoms with Crippen molar-refractivity contribution in [3.05, 3.63) is 42.1 Å². The van der Waals surface area contributed by atoms with Gasteiger partial charge in [-0.1, -0.05) is 34.1 Å². The van der Waals surface area contributed by atoms with Gasteiger partial charge in [0, 0.05) is 4.32 Å². The molecular weight excluding hydrogens is 472 g/mol. The molecule has 1 aromatic heterocycles. The maximum atomic E-state index is 12.7. The predicted octanol–water partition coefficient (Wildman–Crippen LogP) is 4.35. The molecule has 6 rings (SSSR count). The van der Waals surface area contributed by atoms with Gasteiger partial charge in [-0.3, -0.25) is 9.59 Å². The lowest BCUT2D eigenvalue weighted by Gasteiger charge is -2.60. The molecule has 0 aliphatic heterocycles. The Balaban J connectivity index is 1.21. The first kappa shape index (κ1) is 21.2. The van der Waals surface area contributed by atoms with Gasteiger partial charge in [0.25, 0.3) is 5.91 Å². The van der Waals surface area contributed by atoms with E-state index in [1.54, 1.807) is 0 Å². The highest BCUT2D eigenvalue weighted by atomic mass is 79.9. The Morgan fingerprint density at radius 1 is 1.22 bits per heavy atom. The van der Waals surface area contributed by atoms with Crippen molar-refractivity contribution in [3.8, 4) is 11.8 Å². The second kappa shape index (κ2) is 8.04. The minimum atomic E-state index is -0.491. The average molecular weight is 497 g/mol. The number of aromatic nitrogens is 2. The molecular formula is C24H25BrN4O3. The van der Waals surface area contributed by atoms with Crippen molar-refractivity contribution < 1.29 is 14.3 Å². The third-order valence-corrected chi connectivity index (χ3v) is 8.07. The number of ether oxygens (including phenoxy) is 1. The van der Waals surface area contributed by atoms with E-state index in [2.05, 4.69) is 26.3 Å². The summed E-state index contributed by atoms with van der Waals surface area (Å²) < 4.78 is 7.03. The topological polar surface area (TPSA) is 97.0 Å². The van der Waals surface area contributed by atoms with Crippen molar-refractivity contribution in [1.29, 1.82) is 5.26 Å². The largest absolute Gasteiger partial charge is 0.456 e. The van der Waals surface area contributed by atoms with E-state index < -0.39 is 5.91 Å². The monoisotopic (exact) mass is 496 g/mol. The quantitative estimate of drug-likeness (QED) is 0.473. The van der Waals surface area contributed by atoms with Crippen molar-refractivity contribution >= 4 is 33.6 Å². The summed E-state index contributed by atoms with van der Waals surface area (Å²) >= 11 is 3.97. The standard InChI is InChI=1S/C24H25BrN4O3/c25-24-9-16-6-17(10-24)8-23(7-16,15-24)11-21(31)32-14-20(30)28-22-18(12-26)13-27-29(22)19-4-2-1-3-5-19/h1-5,13,16-17H,6-11,14-15H2,(H,28,30). The SMILES string of the molecule is N#Cc1cnn(-c2ccccc2)c1NC(=O)COC(=O)CC12CC3CC(CC(Br)(C3)C1)C2. The minimum Gasteiger partial charge on any atom is -0.456 e. The van der Waals surface area contributed by atoms with Crippen LogP contribution in [-0.4, -0.2) is 32.6 Å². The molecule has 1 heterocycles. The van der Waals surface area contributed by atoms with E-state index in [0.29, 0.717) is 23.9 Å². The van der Waals surface area contributed by atoms with Gasteiger partial charge in [0.2, 0.25) is 0 Å². The van der Waals surface area contributed by atoms with E-state index in [9.17, 15) is 14.9 Å². The van der Waals surface area contributed by atoms with Crippen LogP contribution in [0.15, 0.2) is 36.5 Å². The number of hydrogen-bond donors (Lipinski definition) is 1. The summed E-state index contributed by atoms with van der Waals surface area (Å²) in [5, 5.41) is 16.3. The van der Waals surface area contributed by atoms with Crippen LogP contribution in [-0.2, 0) is 14.3 Å². The van der Waals surface area contributed by atoms with Crippen LogP contribution in [0.3, 0.4) is 0 Å². The van der Waals surface area contributed by atoms with Crippen LogP contribution >= 0.6 is 15.9 Å². The van der Waals surface area contributed by atoms with E-state index in [-0.39, 0.29) is 33.7 Å². The lowest BCUT2D eigenvalue weighted by atomic mass is 9.49. The fourth-order valence-corrected chi connectivity index (χ4v) is 8.04. The van der Waals surface area contributed by atoms with Crippen LogP contribution in [0.5, 0.6) is 0 Å². The minimum absolute atomic E-state index is 0.00104. The molecule has 4 aliphatic carbocycles. The molecule has 4 fully saturated rings. The van der Waals surface area contributed by atoms with E-state index in [4.69, 9.17) is 4.74 Å². The summed E-state index contributed by atoms with van der Waals surface area (Å²) in [6.07, 6.45) is 8.64. The molecule has 1 amide bonds. The molecule has 0 radical (unpaired) electrons. The van der Waals surface area contributed by atoms with E-state index in [1.165, 1.54) is 30.1 Å². The molecule has 32 heavy (non-hydrogen) atoms. The number of nitrogens with zero attached hydrogens (tertiary/aromatic N) is 3. The van der Waals surface area contributed by atoms with Crippen LogP contribution in [0.1, 0.15) is 50.5 Å². The number of carbonyl (C=O) groups is 2. The number of para-hydroxylation sites is 1. The van der Waals surface area contributed by atoms with Gasteiger partial charge in [-0.05, 0) is 67.9 Å². The Labute approximate surface area is 195 Å². The van der Waals surface area contributed by atoms with Crippen LogP contribution in [0.4, 0.5) is 5.82 Å². The van der Waals surface area contributed by atoms with Gasteiger partial charge in [0.05, 0.1) is 18.3 Å². The molecule has 1 aromatic carbocycles. The van der Waals surface area contributed by atoms with Gasteiger partial charge in [-0.2, -0.15) is 10.4 Å². The number of benzene rings is 1. The number of nitriles is 1. The van der Waals surface area contributed by atoms with Crippen molar-refractivity contribution in [1.82, 2.24) is 9.78 Å². The molecule has 8 heteroatoms. The van der Waals surface area contributed by atoms with E-state index in [0.717, 1.165) is 19.3 Å². The van der Waals surface area contributed by atoms with Gasteiger partial charge in [0.1, 0.15) is 11.6 Å². The lowest BCUT2D eigenvalue weighted by molar-refractivity contribution is -0.153. The molecule has 7 nitrogen and oxygen atoms in total. The predicted molar refractivity (Wildman–Crippen MR) is 121 cm³/mol. The highest BCUT2D eigenvalue weighted by Gasteiger charge is 2.57. The van der Waals surface area contributed by atoms with Crippen molar-refractivity contribution in [2.24, 2.45) is 17.3 Å². The maximum Gasteiger partial charge on any atom is 0.306 e. The van der Waals surface area contributed by atoms with Gasteiger partial charge >= 0.3 is 5.97 Å². The summed E-state index contributed by atoms with van der Waals surface area (Å²) in [4.78, 5) is 25.2. The molecule has 4 aliphatic rings. The second-order valence-electron chi connectivity index (χ2n) is 9.76. The smallest absolute Gasteiger partial charge is 0.306 e. The first-order valence-corrected chi connectivity index (χ1v) is 11.8. The number of nitrogens with one attached hydrogen (secondary N) is 1. The zero-order valence-electron chi connectivity index (χ0n) is 17.7. The first-order chi connectivity index (χ1) is 15.4. The third-order valence-electron chi connectivity index (χ3n) is 7.14. The summed E-state index contributed by atoms with van der Waals surface area (Å²) in [6.45, 7) is -0.383. The van der Waals surface area contributed by atoms with Crippen LogP contribution in [0, 0.1) is 28.6 Å². The molecule has 2 unspecified atom stereocenters. The summed E-state index contributed by atoms with van der Waals surface area (Å²) in [7, 11) is 0. The van der Waals surface area contributed by atoms with Gasteiger partial charge in [-0.15, -0.1) is 0 Å². The van der Waals surface area contributed by atoms with Gasteiger partial charge < -0.3 is 10.1 Å². The van der Waals surface area contributed by atoms with Crippen LogP contribution in [0.2, 0.25) is 0 Å². The zero-order valence-corrected chi connectivity index (χ0v) is 19.3. The normalized spacial score (nSPS) is 30.0. The molecule has 2 aromatic rings. The fourth-order valence-electron chi connectivity index (χ4n) is 6.53. The Kier molecular flexibility index (Phi) is 5.32. The molecule has 0 saturated heterocycles.